The highest BCUT2D eigenvalue weighted by atomic mass is 16.5. The summed E-state index contributed by atoms with van der Waals surface area (Å²) in [5.74, 6) is 0.632. The van der Waals surface area contributed by atoms with Gasteiger partial charge in [0.1, 0.15) is 5.75 Å². The lowest BCUT2D eigenvalue weighted by molar-refractivity contribution is -0.131. The summed E-state index contributed by atoms with van der Waals surface area (Å²) in [6.45, 7) is 4.27. The van der Waals surface area contributed by atoms with Crippen molar-refractivity contribution < 1.29 is 14.6 Å². The zero-order valence-electron chi connectivity index (χ0n) is 12.3. The molecule has 0 spiro atoms. The predicted octanol–water partition coefficient (Wildman–Crippen LogP) is 4.09. The maximum absolute atomic E-state index is 11.1. The van der Waals surface area contributed by atoms with Gasteiger partial charge in [-0.25, -0.2) is 4.79 Å². The molecule has 1 aliphatic carbocycles. The lowest BCUT2D eigenvalue weighted by atomic mass is 9.76. The topological polar surface area (TPSA) is 46.5 Å². The molecule has 20 heavy (non-hydrogen) atoms. The zero-order valence-corrected chi connectivity index (χ0v) is 12.3. The molecular formula is C17H22O3. The summed E-state index contributed by atoms with van der Waals surface area (Å²) < 4.78 is 5.43. The largest absolute Gasteiger partial charge is 0.496 e. The van der Waals surface area contributed by atoms with Gasteiger partial charge < -0.3 is 9.84 Å². The first kappa shape index (κ1) is 14.6. The van der Waals surface area contributed by atoms with E-state index in [9.17, 15) is 4.79 Å². The summed E-state index contributed by atoms with van der Waals surface area (Å²) in [5.41, 5.74) is 3.05. The number of carboxylic acid groups (broad SMARTS) is 1. The summed E-state index contributed by atoms with van der Waals surface area (Å²) in [7, 11) is 1.63. The lowest BCUT2D eigenvalue weighted by Gasteiger charge is -2.29. The smallest absolute Gasteiger partial charge is 0.328 e. The van der Waals surface area contributed by atoms with Crippen LogP contribution >= 0.6 is 0 Å². The number of hydrogen-bond donors (Lipinski definition) is 1. The fourth-order valence-electron chi connectivity index (χ4n) is 2.58. The van der Waals surface area contributed by atoms with E-state index >= 15 is 0 Å². The van der Waals surface area contributed by atoms with Crippen LogP contribution < -0.4 is 4.74 Å². The quantitative estimate of drug-likeness (QED) is 0.823. The molecule has 0 saturated heterocycles. The SMILES string of the molecule is COc1ccc(C(C)C)cc1/C(=C/C(=O)O)C1CCC1. The highest BCUT2D eigenvalue weighted by Crippen LogP contribution is 2.42. The molecule has 0 radical (unpaired) electrons. The molecule has 2 rings (SSSR count). The normalized spacial score (nSPS) is 16.1. The number of carbonyl (C=O) groups is 1. The monoisotopic (exact) mass is 274 g/mol. The average Bonchev–Trinajstić information content (AvgIpc) is 2.34. The molecule has 1 aromatic carbocycles. The van der Waals surface area contributed by atoms with E-state index in [-0.39, 0.29) is 0 Å². The summed E-state index contributed by atoms with van der Waals surface area (Å²) in [6, 6.07) is 6.07. The summed E-state index contributed by atoms with van der Waals surface area (Å²) in [5, 5.41) is 9.14. The second-order valence-electron chi connectivity index (χ2n) is 5.68. The maximum Gasteiger partial charge on any atom is 0.328 e. The third kappa shape index (κ3) is 3.03. The van der Waals surface area contributed by atoms with Gasteiger partial charge in [0, 0.05) is 11.6 Å². The Hall–Kier alpha value is -1.77. The van der Waals surface area contributed by atoms with Gasteiger partial charge in [-0.15, -0.1) is 0 Å². The van der Waals surface area contributed by atoms with Crippen molar-refractivity contribution in [2.75, 3.05) is 7.11 Å². The Kier molecular flexibility index (Phi) is 4.48. The molecule has 3 nitrogen and oxygen atoms in total. The molecule has 1 aliphatic rings. The van der Waals surface area contributed by atoms with Crippen molar-refractivity contribution in [2.24, 2.45) is 5.92 Å². The van der Waals surface area contributed by atoms with E-state index in [4.69, 9.17) is 9.84 Å². The van der Waals surface area contributed by atoms with Crippen LogP contribution in [0, 0.1) is 5.92 Å². The Morgan fingerprint density at radius 3 is 2.55 bits per heavy atom. The Labute approximate surface area is 120 Å². The number of ether oxygens (including phenoxy) is 1. The Balaban J connectivity index is 2.50. The molecule has 0 amide bonds. The van der Waals surface area contributed by atoms with E-state index < -0.39 is 5.97 Å². The lowest BCUT2D eigenvalue weighted by Crippen LogP contribution is -2.15. The first-order valence-corrected chi connectivity index (χ1v) is 7.15. The third-order valence-corrected chi connectivity index (χ3v) is 4.03. The standard InChI is InChI=1S/C17H22O3/c1-11(2)13-7-8-16(20-3)15(9-13)14(10-17(18)19)12-5-4-6-12/h7-12H,4-6H2,1-3H3,(H,18,19)/b14-10+. The second-order valence-corrected chi connectivity index (χ2v) is 5.68. The van der Waals surface area contributed by atoms with Crippen molar-refractivity contribution in [1.29, 1.82) is 0 Å². The highest BCUT2D eigenvalue weighted by molar-refractivity contribution is 5.92. The van der Waals surface area contributed by atoms with Gasteiger partial charge in [-0.1, -0.05) is 26.3 Å². The van der Waals surface area contributed by atoms with Crippen molar-refractivity contribution in [3.63, 3.8) is 0 Å². The van der Waals surface area contributed by atoms with E-state index in [0.29, 0.717) is 11.8 Å². The van der Waals surface area contributed by atoms with Crippen molar-refractivity contribution in [2.45, 2.75) is 39.0 Å². The van der Waals surface area contributed by atoms with Crippen LogP contribution in [0.4, 0.5) is 0 Å². The van der Waals surface area contributed by atoms with E-state index in [0.717, 1.165) is 29.7 Å². The van der Waals surface area contributed by atoms with Crippen LogP contribution in [0.5, 0.6) is 5.75 Å². The Bertz CT molecular complexity index is 525. The molecule has 108 valence electrons. The number of allylic oxidation sites excluding steroid dienone is 1. The zero-order chi connectivity index (χ0) is 14.7. The molecule has 0 aromatic heterocycles. The molecule has 1 saturated carbocycles. The summed E-state index contributed by atoms with van der Waals surface area (Å²) >= 11 is 0. The Morgan fingerprint density at radius 1 is 1.40 bits per heavy atom. The number of hydrogen-bond acceptors (Lipinski definition) is 2. The summed E-state index contributed by atoms with van der Waals surface area (Å²) in [4.78, 5) is 11.1. The van der Waals surface area contributed by atoms with Crippen LogP contribution in [0.1, 0.15) is 50.2 Å². The number of carboxylic acids is 1. The van der Waals surface area contributed by atoms with Crippen molar-refractivity contribution in [3.05, 3.63) is 35.4 Å². The van der Waals surface area contributed by atoms with Gasteiger partial charge >= 0.3 is 5.97 Å². The molecule has 1 N–H and O–H groups in total. The van der Waals surface area contributed by atoms with E-state index in [1.165, 1.54) is 18.1 Å². The molecule has 3 heteroatoms. The van der Waals surface area contributed by atoms with Crippen LogP contribution in [0.2, 0.25) is 0 Å². The van der Waals surface area contributed by atoms with Gasteiger partial charge in [-0.2, -0.15) is 0 Å². The average molecular weight is 274 g/mol. The Morgan fingerprint density at radius 2 is 2.10 bits per heavy atom. The maximum atomic E-state index is 11.1. The van der Waals surface area contributed by atoms with Crippen molar-refractivity contribution in [1.82, 2.24) is 0 Å². The molecular weight excluding hydrogens is 252 g/mol. The van der Waals surface area contributed by atoms with Gasteiger partial charge in [0.2, 0.25) is 0 Å². The predicted molar refractivity (Wildman–Crippen MR) is 80.0 cm³/mol. The molecule has 0 aliphatic heterocycles. The molecule has 0 unspecified atom stereocenters. The van der Waals surface area contributed by atoms with Crippen LogP contribution in [-0.2, 0) is 4.79 Å². The number of benzene rings is 1. The summed E-state index contributed by atoms with van der Waals surface area (Å²) in [6.07, 6.45) is 4.65. The molecule has 0 heterocycles. The minimum absolute atomic E-state index is 0.349. The highest BCUT2D eigenvalue weighted by Gasteiger charge is 2.26. The number of methoxy groups -OCH3 is 1. The third-order valence-electron chi connectivity index (χ3n) is 4.03. The minimum atomic E-state index is -0.885. The molecule has 0 atom stereocenters. The van der Waals surface area contributed by atoms with E-state index in [1.807, 2.05) is 12.1 Å². The molecule has 1 aromatic rings. The molecule has 0 bridgehead atoms. The van der Waals surface area contributed by atoms with Crippen LogP contribution in [0.3, 0.4) is 0 Å². The first-order valence-electron chi connectivity index (χ1n) is 7.15. The van der Waals surface area contributed by atoms with Crippen LogP contribution in [0.25, 0.3) is 5.57 Å². The first-order chi connectivity index (χ1) is 9.52. The number of aliphatic carboxylic acids is 1. The fourth-order valence-corrected chi connectivity index (χ4v) is 2.58. The minimum Gasteiger partial charge on any atom is -0.496 e. The second kappa shape index (κ2) is 6.12. The van der Waals surface area contributed by atoms with Gasteiger partial charge in [0.25, 0.3) is 0 Å². The van der Waals surface area contributed by atoms with E-state index in [1.54, 1.807) is 7.11 Å². The van der Waals surface area contributed by atoms with E-state index in [2.05, 4.69) is 19.9 Å². The van der Waals surface area contributed by atoms with Crippen LogP contribution in [0.15, 0.2) is 24.3 Å². The van der Waals surface area contributed by atoms with Gasteiger partial charge in [-0.05, 0) is 47.9 Å². The van der Waals surface area contributed by atoms with Crippen LogP contribution in [-0.4, -0.2) is 18.2 Å². The van der Waals surface area contributed by atoms with Crippen molar-refractivity contribution >= 4 is 11.5 Å². The fraction of sp³-hybridized carbons (Fsp3) is 0.471. The van der Waals surface area contributed by atoms with Gasteiger partial charge in [0.05, 0.1) is 7.11 Å². The van der Waals surface area contributed by atoms with Crippen molar-refractivity contribution in [3.8, 4) is 5.75 Å². The van der Waals surface area contributed by atoms with Gasteiger partial charge in [0.15, 0.2) is 0 Å². The van der Waals surface area contributed by atoms with Gasteiger partial charge in [-0.3, -0.25) is 0 Å². The number of rotatable bonds is 5. The molecule has 1 fully saturated rings.